The first-order valence-electron chi connectivity index (χ1n) is 12.6. The van der Waals surface area contributed by atoms with E-state index in [1.54, 1.807) is 16.4 Å². The van der Waals surface area contributed by atoms with Gasteiger partial charge in [0.1, 0.15) is 0 Å². The fourth-order valence-electron chi connectivity index (χ4n) is 4.85. The van der Waals surface area contributed by atoms with Crippen LogP contribution in [0.1, 0.15) is 72.0 Å². The predicted octanol–water partition coefficient (Wildman–Crippen LogP) is 4.48. The van der Waals surface area contributed by atoms with Crippen LogP contribution >= 0.6 is 0 Å². The van der Waals surface area contributed by atoms with Gasteiger partial charge in [0.15, 0.2) is 0 Å². The molecule has 1 N–H and O–H groups in total. The first-order chi connectivity index (χ1) is 16.4. The largest absolute Gasteiger partial charge is 0.348 e. The molecular weight excluding hydrogens is 446 g/mol. The minimum atomic E-state index is -3.59. The molecule has 4 rings (SSSR count). The molecule has 2 heterocycles. The standard InChI is InChI=1S/C27H37N3O3S/c1-22-9-14-25(34(32,33)30-17-7-2-3-8-18-30)19-26(22)27(31)28-20-23-10-12-24(13-11-23)21-29-15-5-4-6-16-29/h9-14,19H,2-8,15-18,20-21H2,1H3,(H,28,31). The van der Waals surface area contributed by atoms with Crippen molar-refractivity contribution in [2.24, 2.45) is 0 Å². The number of rotatable bonds is 7. The van der Waals surface area contributed by atoms with E-state index in [-0.39, 0.29) is 10.8 Å². The van der Waals surface area contributed by atoms with E-state index < -0.39 is 10.0 Å². The molecule has 7 heteroatoms. The first kappa shape index (κ1) is 24.9. The topological polar surface area (TPSA) is 69.7 Å². The highest BCUT2D eigenvalue weighted by Crippen LogP contribution is 2.23. The number of hydrogen-bond acceptors (Lipinski definition) is 4. The minimum absolute atomic E-state index is 0.201. The van der Waals surface area contributed by atoms with E-state index >= 15 is 0 Å². The third-order valence-electron chi connectivity index (χ3n) is 6.99. The monoisotopic (exact) mass is 483 g/mol. The number of carbonyl (C=O) groups excluding carboxylic acids is 1. The number of carbonyl (C=O) groups is 1. The highest BCUT2D eigenvalue weighted by atomic mass is 32.2. The Bertz CT molecular complexity index is 1070. The van der Waals surface area contributed by atoms with Gasteiger partial charge in [-0.3, -0.25) is 9.69 Å². The van der Waals surface area contributed by atoms with Gasteiger partial charge in [-0.1, -0.05) is 49.6 Å². The van der Waals surface area contributed by atoms with Crippen LogP contribution < -0.4 is 5.32 Å². The molecule has 2 fully saturated rings. The van der Waals surface area contributed by atoms with Crippen LogP contribution in [0.15, 0.2) is 47.4 Å². The second-order valence-corrected chi connectivity index (χ2v) is 11.6. The van der Waals surface area contributed by atoms with E-state index in [1.165, 1.54) is 44.0 Å². The van der Waals surface area contributed by atoms with E-state index in [4.69, 9.17) is 0 Å². The Morgan fingerprint density at radius 3 is 2.09 bits per heavy atom. The maximum atomic E-state index is 13.2. The smallest absolute Gasteiger partial charge is 0.251 e. The van der Waals surface area contributed by atoms with Crippen LogP contribution in [0.25, 0.3) is 0 Å². The van der Waals surface area contributed by atoms with Crippen LogP contribution in [-0.4, -0.2) is 49.7 Å². The normalized spacial score (nSPS) is 18.4. The number of likely N-dealkylation sites (tertiary alicyclic amines) is 1. The Hall–Kier alpha value is -2.22. The van der Waals surface area contributed by atoms with Crippen molar-refractivity contribution in [2.45, 2.75) is 69.9 Å². The number of piperidine rings is 1. The third-order valence-corrected chi connectivity index (χ3v) is 8.88. The molecule has 0 aromatic heterocycles. The summed E-state index contributed by atoms with van der Waals surface area (Å²) in [6, 6.07) is 13.3. The average Bonchev–Trinajstić information content (AvgIpc) is 3.15. The summed E-state index contributed by atoms with van der Waals surface area (Å²) >= 11 is 0. The van der Waals surface area contributed by atoms with E-state index in [2.05, 4.69) is 34.5 Å². The quantitative estimate of drug-likeness (QED) is 0.631. The lowest BCUT2D eigenvalue weighted by Gasteiger charge is -2.26. The molecule has 2 aliphatic rings. The van der Waals surface area contributed by atoms with Crippen molar-refractivity contribution in [3.8, 4) is 0 Å². The number of hydrogen-bond donors (Lipinski definition) is 1. The molecule has 2 aliphatic heterocycles. The summed E-state index contributed by atoms with van der Waals surface area (Å²) in [5.74, 6) is -0.247. The summed E-state index contributed by atoms with van der Waals surface area (Å²) in [6.45, 7) is 6.66. The zero-order valence-electron chi connectivity index (χ0n) is 20.3. The summed E-state index contributed by atoms with van der Waals surface area (Å²) in [4.78, 5) is 15.6. The van der Waals surface area contributed by atoms with Gasteiger partial charge in [-0.2, -0.15) is 4.31 Å². The van der Waals surface area contributed by atoms with Crippen molar-refractivity contribution in [3.63, 3.8) is 0 Å². The molecule has 2 aromatic rings. The molecule has 2 saturated heterocycles. The number of benzene rings is 2. The van der Waals surface area contributed by atoms with Gasteiger partial charge in [-0.15, -0.1) is 0 Å². The Morgan fingerprint density at radius 1 is 0.824 bits per heavy atom. The Balaban J connectivity index is 1.39. The predicted molar refractivity (Wildman–Crippen MR) is 135 cm³/mol. The Labute approximate surface area is 204 Å². The van der Waals surface area contributed by atoms with E-state index in [9.17, 15) is 13.2 Å². The maximum Gasteiger partial charge on any atom is 0.251 e. The molecule has 184 valence electrons. The molecule has 2 aromatic carbocycles. The van der Waals surface area contributed by atoms with Crippen molar-refractivity contribution in [2.75, 3.05) is 26.2 Å². The molecule has 34 heavy (non-hydrogen) atoms. The maximum absolute atomic E-state index is 13.2. The summed E-state index contributed by atoms with van der Waals surface area (Å²) < 4.78 is 27.9. The van der Waals surface area contributed by atoms with Crippen LogP contribution in [0, 0.1) is 6.92 Å². The fourth-order valence-corrected chi connectivity index (χ4v) is 6.40. The molecular formula is C27H37N3O3S. The van der Waals surface area contributed by atoms with Crippen LogP contribution in [0.3, 0.4) is 0 Å². The molecule has 1 amide bonds. The van der Waals surface area contributed by atoms with E-state index in [1.807, 2.05) is 6.92 Å². The molecule has 0 bridgehead atoms. The van der Waals surface area contributed by atoms with Crippen molar-refractivity contribution in [1.82, 2.24) is 14.5 Å². The van der Waals surface area contributed by atoms with Gasteiger partial charge in [0.2, 0.25) is 10.0 Å². The lowest BCUT2D eigenvalue weighted by Crippen LogP contribution is -2.32. The van der Waals surface area contributed by atoms with Gasteiger partial charge in [0.05, 0.1) is 4.90 Å². The third kappa shape index (κ3) is 6.26. The second kappa shape index (κ2) is 11.5. The summed E-state index contributed by atoms with van der Waals surface area (Å²) in [5, 5.41) is 2.97. The van der Waals surface area contributed by atoms with Crippen LogP contribution in [0.5, 0.6) is 0 Å². The summed E-state index contributed by atoms with van der Waals surface area (Å²) in [5.41, 5.74) is 3.50. The lowest BCUT2D eigenvalue weighted by atomic mass is 10.1. The summed E-state index contributed by atoms with van der Waals surface area (Å²) in [6.07, 6.45) is 7.79. The molecule has 0 aliphatic carbocycles. The molecule has 6 nitrogen and oxygen atoms in total. The highest BCUT2D eigenvalue weighted by Gasteiger charge is 2.26. The van der Waals surface area contributed by atoms with E-state index in [0.29, 0.717) is 25.2 Å². The van der Waals surface area contributed by atoms with Crippen LogP contribution in [0.2, 0.25) is 0 Å². The minimum Gasteiger partial charge on any atom is -0.348 e. The number of amides is 1. The van der Waals surface area contributed by atoms with Gasteiger partial charge in [-0.05, 0) is 74.5 Å². The van der Waals surface area contributed by atoms with E-state index in [0.717, 1.165) is 43.4 Å². The van der Waals surface area contributed by atoms with Gasteiger partial charge >= 0.3 is 0 Å². The van der Waals surface area contributed by atoms with Crippen molar-refractivity contribution >= 4 is 15.9 Å². The molecule has 0 radical (unpaired) electrons. The Morgan fingerprint density at radius 2 is 1.41 bits per heavy atom. The molecule has 0 atom stereocenters. The van der Waals surface area contributed by atoms with Gasteiger partial charge in [0, 0.05) is 31.7 Å². The number of sulfonamides is 1. The lowest BCUT2D eigenvalue weighted by molar-refractivity contribution is 0.0950. The van der Waals surface area contributed by atoms with Crippen LogP contribution in [0.4, 0.5) is 0 Å². The van der Waals surface area contributed by atoms with Gasteiger partial charge in [0.25, 0.3) is 5.91 Å². The van der Waals surface area contributed by atoms with Gasteiger partial charge < -0.3 is 5.32 Å². The Kier molecular flexibility index (Phi) is 8.40. The molecule has 0 spiro atoms. The fraction of sp³-hybridized carbons (Fsp3) is 0.519. The second-order valence-electron chi connectivity index (χ2n) is 9.63. The zero-order valence-corrected chi connectivity index (χ0v) is 21.1. The number of aryl methyl sites for hydroxylation is 1. The van der Waals surface area contributed by atoms with Crippen molar-refractivity contribution < 1.29 is 13.2 Å². The number of nitrogens with one attached hydrogen (secondary N) is 1. The molecule has 0 unspecified atom stereocenters. The summed E-state index contributed by atoms with van der Waals surface area (Å²) in [7, 11) is -3.59. The SMILES string of the molecule is Cc1ccc(S(=O)(=O)N2CCCCCC2)cc1C(=O)NCc1ccc(CN2CCCCC2)cc1. The van der Waals surface area contributed by atoms with Crippen molar-refractivity contribution in [3.05, 3.63) is 64.7 Å². The average molecular weight is 484 g/mol. The zero-order chi connectivity index (χ0) is 24.0. The first-order valence-corrected chi connectivity index (χ1v) is 14.1. The highest BCUT2D eigenvalue weighted by molar-refractivity contribution is 7.89. The van der Waals surface area contributed by atoms with Crippen molar-refractivity contribution in [1.29, 1.82) is 0 Å². The molecule has 0 saturated carbocycles. The number of nitrogens with zero attached hydrogens (tertiary/aromatic N) is 2. The van der Waals surface area contributed by atoms with Gasteiger partial charge in [-0.25, -0.2) is 8.42 Å². The van der Waals surface area contributed by atoms with Crippen LogP contribution in [-0.2, 0) is 23.1 Å².